The van der Waals surface area contributed by atoms with Gasteiger partial charge in [-0.25, -0.2) is 4.98 Å². The molecule has 2 unspecified atom stereocenters. The van der Waals surface area contributed by atoms with Gasteiger partial charge in [-0.15, -0.1) is 11.3 Å². The molecule has 2 atom stereocenters. The Morgan fingerprint density at radius 3 is 2.89 bits per heavy atom. The van der Waals surface area contributed by atoms with Gasteiger partial charge in [0, 0.05) is 0 Å². The minimum atomic E-state index is -0.445. The SMILES string of the molecule is CCC(C)C(N)C(=O)NCc1nc2ccccc2s1. The summed E-state index contributed by atoms with van der Waals surface area (Å²) < 4.78 is 1.14. The quantitative estimate of drug-likeness (QED) is 0.881. The topological polar surface area (TPSA) is 68.0 Å². The van der Waals surface area contributed by atoms with Crippen LogP contribution in [0.4, 0.5) is 0 Å². The molecule has 2 rings (SSSR count). The van der Waals surface area contributed by atoms with E-state index < -0.39 is 6.04 Å². The first kappa shape index (κ1) is 14.0. The molecular formula is C14H19N3OS. The zero-order valence-electron chi connectivity index (χ0n) is 11.2. The Bertz CT molecular complexity index is 534. The van der Waals surface area contributed by atoms with Gasteiger partial charge < -0.3 is 11.1 Å². The van der Waals surface area contributed by atoms with Crippen molar-refractivity contribution in [3.63, 3.8) is 0 Å². The molecular weight excluding hydrogens is 258 g/mol. The summed E-state index contributed by atoms with van der Waals surface area (Å²) in [5.41, 5.74) is 6.86. The van der Waals surface area contributed by atoms with E-state index in [1.54, 1.807) is 11.3 Å². The average Bonchev–Trinajstić information content (AvgIpc) is 2.85. The number of rotatable bonds is 5. The summed E-state index contributed by atoms with van der Waals surface area (Å²) in [5, 5.41) is 3.77. The Morgan fingerprint density at radius 2 is 2.21 bits per heavy atom. The second kappa shape index (κ2) is 6.12. The fourth-order valence-corrected chi connectivity index (χ4v) is 2.70. The third kappa shape index (κ3) is 3.30. The van der Waals surface area contributed by atoms with Crippen LogP contribution in [0, 0.1) is 5.92 Å². The summed E-state index contributed by atoms with van der Waals surface area (Å²) >= 11 is 1.60. The van der Waals surface area contributed by atoms with Crippen molar-refractivity contribution >= 4 is 27.5 Å². The van der Waals surface area contributed by atoms with E-state index in [0.29, 0.717) is 6.54 Å². The number of carbonyl (C=O) groups is 1. The maximum absolute atomic E-state index is 11.9. The fraction of sp³-hybridized carbons (Fsp3) is 0.429. The van der Waals surface area contributed by atoms with Crippen molar-refractivity contribution in [1.29, 1.82) is 0 Å². The number of fused-ring (bicyclic) bond motifs is 1. The molecule has 1 amide bonds. The van der Waals surface area contributed by atoms with Crippen LogP contribution in [0.2, 0.25) is 0 Å². The van der Waals surface area contributed by atoms with Gasteiger partial charge in [0.15, 0.2) is 0 Å². The first-order valence-corrected chi connectivity index (χ1v) is 7.31. The van der Waals surface area contributed by atoms with Crippen LogP contribution < -0.4 is 11.1 Å². The third-order valence-electron chi connectivity index (χ3n) is 3.31. The van der Waals surface area contributed by atoms with Crippen molar-refractivity contribution in [2.24, 2.45) is 11.7 Å². The first-order chi connectivity index (χ1) is 9.11. The fourth-order valence-electron chi connectivity index (χ4n) is 1.79. The number of para-hydroxylation sites is 1. The minimum absolute atomic E-state index is 0.103. The summed E-state index contributed by atoms with van der Waals surface area (Å²) in [6, 6.07) is 7.51. The van der Waals surface area contributed by atoms with E-state index in [4.69, 9.17) is 5.73 Å². The number of aromatic nitrogens is 1. The molecule has 0 saturated carbocycles. The summed E-state index contributed by atoms with van der Waals surface area (Å²) in [5.74, 6) is 0.0870. The largest absolute Gasteiger partial charge is 0.348 e. The van der Waals surface area contributed by atoms with Crippen molar-refractivity contribution < 1.29 is 4.79 Å². The van der Waals surface area contributed by atoms with E-state index in [2.05, 4.69) is 10.3 Å². The highest BCUT2D eigenvalue weighted by Crippen LogP contribution is 2.21. The first-order valence-electron chi connectivity index (χ1n) is 6.49. The number of nitrogens with one attached hydrogen (secondary N) is 1. The lowest BCUT2D eigenvalue weighted by Crippen LogP contribution is -2.44. The number of nitrogens with two attached hydrogens (primary N) is 1. The van der Waals surface area contributed by atoms with Gasteiger partial charge in [-0.3, -0.25) is 4.79 Å². The number of amides is 1. The summed E-state index contributed by atoms with van der Waals surface area (Å²) in [4.78, 5) is 16.3. The number of carbonyl (C=O) groups excluding carboxylic acids is 1. The molecule has 0 aliphatic carbocycles. The summed E-state index contributed by atoms with van der Waals surface area (Å²) in [6.07, 6.45) is 0.899. The maximum Gasteiger partial charge on any atom is 0.237 e. The van der Waals surface area contributed by atoms with Crippen molar-refractivity contribution in [2.75, 3.05) is 0 Å². The van der Waals surface area contributed by atoms with Crippen molar-refractivity contribution in [1.82, 2.24) is 10.3 Å². The number of thiazole rings is 1. The molecule has 1 aromatic carbocycles. The van der Waals surface area contributed by atoms with Crippen LogP contribution in [-0.2, 0) is 11.3 Å². The highest BCUT2D eigenvalue weighted by Gasteiger charge is 2.19. The van der Waals surface area contributed by atoms with E-state index in [1.165, 1.54) is 0 Å². The molecule has 102 valence electrons. The zero-order valence-corrected chi connectivity index (χ0v) is 12.0. The highest BCUT2D eigenvalue weighted by atomic mass is 32.1. The molecule has 0 bridgehead atoms. The van der Waals surface area contributed by atoms with Gasteiger partial charge in [0.2, 0.25) is 5.91 Å². The van der Waals surface area contributed by atoms with Gasteiger partial charge in [0.25, 0.3) is 0 Å². The third-order valence-corrected chi connectivity index (χ3v) is 4.35. The van der Waals surface area contributed by atoms with Crippen molar-refractivity contribution in [3.05, 3.63) is 29.3 Å². The van der Waals surface area contributed by atoms with Crippen molar-refractivity contribution in [2.45, 2.75) is 32.9 Å². The van der Waals surface area contributed by atoms with Gasteiger partial charge in [-0.1, -0.05) is 32.4 Å². The van der Waals surface area contributed by atoms with Crippen LogP contribution in [0.3, 0.4) is 0 Å². The molecule has 4 nitrogen and oxygen atoms in total. The molecule has 0 spiro atoms. The molecule has 0 radical (unpaired) electrons. The molecule has 0 aliphatic rings. The predicted octanol–water partition coefficient (Wildman–Crippen LogP) is 2.29. The van der Waals surface area contributed by atoms with E-state index >= 15 is 0 Å². The number of nitrogens with zero attached hydrogens (tertiary/aromatic N) is 1. The van der Waals surface area contributed by atoms with E-state index in [0.717, 1.165) is 21.6 Å². The number of hydrogen-bond acceptors (Lipinski definition) is 4. The van der Waals surface area contributed by atoms with Crippen LogP contribution in [0.25, 0.3) is 10.2 Å². The second-order valence-electron chi connectivity index (χ2n) is 4.70. The van der Waals surface area contributed by atoms with Gasteiger partial charge in [0.1, 0.15) is 5.01 Å². The average molecular weight is 277 g/mol. The molecule has 19 heavy (non-hydrogen) atoms. The van der Waals surface area contributed by atoms with E-state index in [-0.39, 0.29) is 11.8 Å². The van der Waals surface area contributed by atoms with Gasteiger partial charge in [0.05, 0.1) is 22.8 Å². The Kier molecular flexibility index (Phi) is 4.50. The molecule has 0 saturated heterocycles. The standard InChI is InChI=1S/C14H19N3OS/c1-3-9(2)13(15)14(18)16-8-12-17-10-6-4-5-7-11(10)19-12/h4-7,9,13H,3,8,15H2,1-2H3,(H,16,18). The Morgan fingerprint density at radius 1 is 1.47 bits per heavy atom. The normalized spacial score (nSPS) is 14.3. The monoisotopic (exact) mass is 277 g/mol. The maximum atomic E-state index is 11.9. The molecule has 5 heteroatoms. The minimum Gasteiger partial charge on any atom is -0.348 e. The molecule has 1 heterocycles. The van der Waals surface area contributed by atoms with Crippen LogP contribution in [-0.4, -0.2) is 16.9 Å². The molecule has 3 N–H and O–H groups in total. The van der Waals surface area contributed by atoms with Crippen LogP contribution in [0.15, 0.2) is 24.3 Å². The van der Waals surface area contributed by atoms with Crippen LogP contribution in [0.1, 0.15) is 25.3 Å². The van der Waals surface area contributed by atoms with E-state index in [9.17, 15) is 4.79 Å². The smallest absolute Gasteiger partial charge is 0.237 e. The van der Waals surface area contributed by atoms with Gasteiger partial charge in [-0.05, 0) is 18.1 Å². The van der Waals surface area contributed by atoms with Crippen LogP contribution >= 0.6 is 11.3 Å². The number of hydrogen-bond donors (Lipinski definition) is 2. The molecule has 0 fully saturated rings. The lowest BCUT2D eigenvalue weighted by atomic mass is 9.99. The lowest BCUT2D eigenvalue weighted by Gasteiger charge is -2.17. The lowest BCUT2D eigenvalue weighted by molar-refractivity contribution is -0.123. The molecule has 2 aromatic rings. The number of benzene rings is 1. The molecule has 1 aromatic heterocycles. The van der Waals surface area contributed by atoms with Crippen molar-refractivity contribution in [3.8, 4) is 0 Å². The predicted molar refractivity (Wildman–Crippen MR) is 78.9 cm³/mol. The highest BCUT2D eigenvalue weighted by molar-refractivity contribution is 7.18. The van der Waals surface area contributed by atoms with Gasteiger partial charge in [-0.2, -0.15) is 0 Å². The van der Waals surface area contributed by atoms with Gasteiger partial charge >= 0.3 is 0 Å². The molecule has 0 aliphatic heterocycles. The van der Waals surface area contributed by atoms with Crippen LogP contribution in [0.5, 0.6) is 0 Å². The Balaban J connectivity index is 1.96. The Hall–Kier alpha value is -1.46. The zero-order chi connectivity index (χ0) is 13.8. The Labute approximate surface area is 117 Å². The van der Waals surface area contributed by atoms with E-state index in [1.807, 2.05) is 38.1 Å². The second-order valence-corrected chi connectivity index (χ2v) is 5.82. The summed E-state index contributed by atoms with van der Waals surface area (Å²) in [6.45, 7) is 4.47. The summed E-state index contributed by atoms with van der Waals surface area (Å²) in [7, 11) is 0.